The summed E-state index contributed by atoms with van der Waals surface area (Å²) in [6.45, 7) is 0. The van der Waals surface area contributed by atoms with Gasteiger partial charge < -0.3 is 13.9 Å². The van der Waals surface area contributed by atoms with Crippen molar-refractivity contribution in [2.45, 2.75) is 0 Å². The van der Waals surface area contributed by atoms with Crippen LogP contribution in [0, 0.1) is 0 Å². The molecule has 3 aromatic rings. The summed E-state index contributed by atoms with van der Waals surface area (Å²) in [6.07, 6.45) is 3.33. The number of carbonyl (C=O) groups excluding carboxylic acids is 1. The van der Waals surface area contributed by atoms with Crippen LogP contribution in [0.1, 0.15) is 11.3 Å². The molecule has 1 aromatic heterocycles. The number of furan rings is 1. The zero-order chi connectivity index (χ0) is 19.5. The summed E-state index contributed by atoms with van der Waals surface area (Å²) in [5.74, 6) is 1.50. The molecule has 1 aliphatic rings. The number of nitrogens with zero attached hydrogens (tertiary/aromatic N) is 2. The van der Waals surface area contributed by atoms with Crippen molar-refractivity contribution in [3.8, 4) is 11.5 Å². The van der Waals surface area contributed by atoms with E-state index < -0.39 is 0 Å². The molecule has 1 amide bonds. The molecule has 0 spiro atoms. The van der Waals surface area contributed by atoms with Crippen LogP contribution in [0.15, 0.2) is 82.0 Å². The van der Waals surface area contributed by atoms with Crippen LogP contribution in [0.5, 0.6) is 11.5 Å². The average Bonchev–Trinajstić information content (AvgIpc) is 3.37. The Balaban J connectivity index is 1.79. The van der Waals surface area contributed by atoms with E-state index in [1.165, 1.54) is 5.01 Å². The van der Waals surface area contributed by atoms with Gasteiger partial charge in [0.1, 0.15) is 5.71 Å². The van der Waals surface area contributed by atoms with Crippen molar-refractivity contribution in [1.82, 2.24) is 0 Å². The summed E-state index contributed by atoms with van der Waals surface area (Å²) in [6, 6.07) is 18.3. The van der Waals surface area contributed by atoms with Gasteiger partial charge in [0, 0.05) is 0 Å². The molecule has 6 nitrogen and oxygen atoms in total. The molecule has 0 aliphatic carbocycles. The molecular formula is C22H18N2O4. The molecule has 0 unspecified atom stereocenters. The van der Waals surface area contributed by atoms with Crippen LogP contribution in [-0.2, 0) is 4.79 Å². The first kappa shape index (κ1) is 17.6. The predicted molar refractivity (Wildman–Crippen MR) is 107 cm³/mol. The highest BCUT2D eigenvalue weighted by molar-refractivity contribution is 6.36. The van der Waals surface area contributed by atoms with Gasteiger partial charge >= 0.3 is 0 Å². The largest absolute Gasteiger partial charge is 0.493 e. The second-order valence-corrected chi connectivity index (χ2v) is 6.05. The maximum Gasteiger partial charge on any atom is 0.281 e. The molecule has 140 valence electrons. The van der Waals surface area contributed by atoms with Crippen molar-refractivity contribution >= 4 is 23.4 Å². The van der Waals surface area contributed by atoms with Crippen molar-refractivity contribution in [1.29, 1.82) is 0 Å². The summed E-state index contributed by atoms with van der Waals surface area (Å²) < 4.78 is 16.1. The number of rotatable bonds is 5. The zero-order valence-corrected chi connectivity index (χ0v) is 15.5. The Kier molecular flexibility index (Phi) is 4.68. The van der Waals surface area contributed by atoms with E-state index in [0.29, 0.717) is 34.2 Å². The molecule has 2 aromatic carbocycles. The fourth-order valence-electron chi connectivity index (χ4n) is 2.99. The minimum Gasteiger partial charge on any atom is -0.493 e. The van der Waals surface area contributed by atoms with E-state index in [0.717, 1.165) is 5.56 Å². The normalized spacial score (nSPS) is 15.1. The zero-order valence-electron chi connectivity index (χ0n) is 15.5. The molecule has 4 rings (SSSR count). The molecular weight excluding hydrogens is 356 g/mol. The standard InChI is InChI=1S/C22H18N2O4/c1-26-18-11-10-15(14-20(18)27-2)13-17-21(19-9-6-12-28-19)23-24(22(17)25)16-7-4-3-5-8-16/h3-14H,1-2H3. The lowest BCUT2D eigenvalue weighted by Crippen LogP contribution is -2.21. The Labute approximate surface area is 162 Å². The van der Waals surface area contributed by atoms with Crippen molar-refractivity contribution in [3.63, 3.8) is 0 Å². The lowest BCUT2D eigenvalue weighted by atomic mass is 10.0. The predicted octanol–water partition coefficient (Wildman–Crippen LogP) is 4.13. The number of hydrazone groups is 1. The number of anilines is 1. The quantitative estimate of drug-likeness (QED) is 0.630. The van der Waals surface area contributed by atoms with Gasteiger partial charge in [-0.1, -0.05) is 24.3 Å². The van der Waals surface area contributed by atoms with Gasteiger partial charge in [-0.25, -0.2) is 0 Å². The van der Waals surface area contributed by atoms with E-state index in [-0.39, 0.29) is 5.91 Å². The molecule has 1 aliphatic heterocycles. The summed E-state index contributed by atoms with van der Waals surface area (Å²) >= 11 is 0. The van der Waals surface area contributed by atoms with Crippen LogP contribution in [0.25, 0.3) is 6.08 Å². The van der Waals surface area contributed by atoms with Crippen molar-refractivity contribution in [3.05, 3.63) is 83.8 Å². The fraction of sp³-hybridized carbons (Fsp3) is 0.0909. The molecule has 0 bridgehead atoms. The number of hydrogen-bond acceptors (Lipinski definition) is 5. The SMILES string of the molecule is COc1ccc(C=C2C(=O)N(c3ccccc3)N=C2c2ccco2)cc1OC. The topological polar surface area (TPSA) is 64.3 Å². The lowest BCUT2D eigenvalue weighted by molar-refractivity contribution is -0.114. The molecule has 2 heterocycles. The third-order valence-corrected chi connectivity index (χ3v) is 4.35. The first-order valence-corrected chi connectivity index (χ1v) is 8.67. The number of ether oxygens (including phenoxy) is 2. The summed E-state index contributed by atoms with van der Waals surface area (Å²) in [5.41, 5.74) is 2.39. The molecule has 0 saturated carbocycles. The van der Waals surface area contributed by atoms with Crippen molar-refractivity contribution < 1.29 is 18.7 Å². The van der Waals surface area contributed by atoms with Gasteiger partial charge in [-0.2, -0.15) is 10.1 Å². The second-order valence-electron chi connectivity index (χ2n) is 6.05. The molecule has 0 atom stereocenters. The van der Waals surface area contributed by atoms with E-state index in [4.69, 9.17) is 13.9 Å². The Morgan fingerprint density at radius 3 is 2.43 bits per heavy atom. The van der Waals surface area contributed by atoms with Gasteiger partial charge in [0.05, 0.1) is 31.7 Å². The number of hydrogen-bond donors (Lipinski definition) is 0. The van der Waals surface area contributed by atoms with Gasteiger partial charge in [-0.15, -0.1) is 0 Å². The van der Waals surface area contributed by atoms with E-state index in [2.05, 4.69) is 5.10 Å². The number of para-hydroxylation sites is 1. The van der Waals surface area contributed by atoms with Crippen molar-refractivity contribution in [2.75, 3.05) is 19.2 Å². The Hall–Kier alpha value is -3.80. The van der Waals surface area contributed by atoms with Gasteiger partial charge in [0.2, 0.25) is 0 Å². The number of carbonyl (C=O) groups is 1. The van der Waals surface area contributed by atoms with Gasteiger partial charge in [-0.05, 0) is 48.0 Å². The maximum atomic E-state index is 13.1. The third-order valence-electron chi connectivity index (χ3n) is 4.35. The smallest absolute Gasteiger partial charge is 0.281 e. The lowest BCUT2D eigenvalue weighted by Gasteiger charge is -2.11. The Morgan fingerprint density at radius 1 is 0.964 bits per heavy atom. The Bertz CT molecular complexity index is 1050. The number of methoxy groups -OCH3 is 2. The summed E-state index contributed by atoms with van der Waals surface area (Å²) in [7, 11) is 3.15. The third kappa shape index (κ3) is 3.16. The fourth-order valence-corrected chi connectivity index (χ4v) is 2.99. The van der Waals surface area contributed by atoms with E-state index in [1.807, 2.05) is 42.5 Å². The van der Waals surface area contributed by atoms with E-state index in [1.54, 1.807) is 44.8 Å². The van der Waals surface area contributed by atoms with Crippen LogP contribution < -0.4 is 14.5 Å². The molecule has 0 fully saturated rings. The second kappa shape index (κ2) is 7.44. The van der Waals surface area contributed by atoms with Crippen molar-refractivity contribution in [2.24, 2.45) is 5.10 Å². The van der Waals surface area contributed by atoms with E-state index in [9.17, 15) is 4.79 Å². The molecule has 0 saturated heterocycles. The van der Waals surface area contributed by atoms with Gasteiger partial charge in [-0.3, -0.25) is 4.79 Å². The van der Waals surface area contributed by atoms with E-state index >= 15 is 0 Å². The first-order valence-electron chi connectivity index (χ1n) is 8.67. The number of benzene rings is 2. The van der Waals surface area contributed by atoms with Crippen LogP contribution >= 0.6 is 0 Å². The first-order chi connectivity index (χ1) is 13.7. The van der Waals surface area contributed by atoms with Crippen LogP contribution in [0.2, 0.25) is 0 Å². The summed E-state index contributed by atoms with van der Waals surface area (Å²) in [4.78, 5) is 13.1. The minimum absolute atomic E-state index is 0.229. The number of amides is 1. The van der Waals surface area contributed by atoms with Crippen LogP contribution in [-0.4, -0.2) is 25.8 Å². The maximum absolute atomic E-state index is 13.1. The van der Waals surface area contributed by atoms with Crippen LogP contribution in [0.4, 0.5) is 5.69 Å². The van der Waals surface area contributed by atoms with Crippen LogP contribution in [0.3, 0.4) is 0 Å². The molecule has 0 N–H and O–H groups in total. The van der Waals surface area contributed by atoms with Gasteiger partial charge in [0.15, 0.2) is 17.3 Å². The average molecular weight is 374 g/mol. The highest BCUT2D eigenvalue weighted by Gasteiger charge is 2.33. The molecule has 0 radical (unpaired) electrons. The molecule has 28 heavy (non-hydrogen) atoms. The monoisotopic (exact) mass is 374 g/mol. The minimum atomic E-state index is -0.229. The van der Waals surface area contributed by atoms with Gasteiger partial charge in [0.25, 0.3) is 5.91 Å². The highest BCUT2D eigenvalue weighted by atomic mass is 16.5. The Morgan fingerprint density at radius 2 is 1.75 bits per heavy atom. The molecule has 6 heteroatoms. The summed E-state index contributed by atoms with van der Waals surface area (Å²) in [5, 5.41) is 5.90. The highest BCUT2D eigenvalue weighted by Crippen LogP contribution is 2.31.